The predicted molar refractivity (Wildman–Crippen MR) is 75.2 cm³/mol. The minimum atomic E-state index is -0.383. The van der Waals surface area contributed by atoms with Crippen molar-refractivity contribution in [2.45, 2.75) is 13.0 Å². The van der Waals surface area contributed by atoms with E-state index < -0.39 is 0 Å². The normalized spacial score (nSPS) is 12.3. The summed E-state index contributed by atoms with van der Waals surface area (Å²) >= 11 is 5.92. The Morgan fingerprint density at radius 1 is 1.21 bits per heavy atom. The Kier molecular flexibility index (Phi) is 4.08. The van der Waals surface area contributed by atoms with E-state index in [9.17, 15) is 4.39 Å². The van der Waals surface area contributed by atoms with Gasteiger partial charge in [0.15, 0.2) is 0 Å². The van der Waals surface area contributed by atoms with Gasteiger partial charge in [-0.1, -0.05) is 29.8 Å². The molecule has 2 rings (SSSR count). The van der Waals surface area contributed by atoms with Gasteiger partial charge in [-0.3, -0.25) is 0 Å². The number of halogens is 2. The fourth-order valence-electron chi connectivity index (χ4n) is 1.98. The second kappa shape index (κ2) is 5.59. The van der Waals surface area contributed by atoms with Crippen LogP contribution in [0.3, 0.4) is 0 Å². The first-order valence-electron chi connectivity index (χ1n) is 5.88. The van der Waals surface area contributed by atoms with Crippen LogP contribution >= 0.6 is 11.6 Å². The lowest BCUT2D eigenvalue weighted by molar-refractivity contribution is 0.408. The minimum absolute atomic E-state index is 0.237. The lowest BCUT2D eigenvalue weighted by atomic mass is 9.97. The Morgan fingerprint density at radius 3 is 2.58 bits per heavy atom. The molecule has 0 saturated carbocycles. The molecule has 0 spiro atoms. The van der Waals surface area contributed by atoms with Crippen LogP contribution in [0.2, 0.25) is 5.02 Å². The highest BCUT2D eigenvalue weighted by Crippen LogP contribution is 2.31. The Balaban J connectivity index is 2.43. The van der Waals surface area contributed by atoms with Crippen molar-refractivity contribution >= 4 is 11.6 Å². The first kappa shape index (κ1) is 13.8. The monoisotopic (exact) mass is 279 g/mol. The van der Waals surface area contributed by atoms with Crippen LogP contribution < -0.4 is 10.5 Å². The highest BCUT2D eigenvalue weighted by molar-refractivity contribution is 6.30. The molecule has 0 aromatic heterocycles. The Morgan fingerprint density at radius 2 is 1.95 bits per heavy atom. The van der Waals surface area contributed by atoms with Crippen LogP contribution in [-0.2, 0) is 0 Å². The summed E-state index contributed by atoms with van der Waals surface area (Å²) in [5.41, 5.74) is 8.44. The van der Waals surface area contributed by atoms with E-state index in [2.05, 4.69) is 0 Å². The Labute approximate surface area is 117 Å². The number of hydrogen-bond donors (Lipinski definition) is 1. The third-order valence-electron chi connectivity index (χ3n) is 3.07. The molecule has 4 heteroatoms. The highest BCUT2D eigenvalue weighted by Gasteiger charge is 2.15. The van der Waals surface area contributed by atoms with Gasteiger partial charge in [0, 0.05) is 10.6 Å². The number of benzene rings is 2. The molecule has 2 aromatic carbocycles. The topological polar surface area (TPSA) is 35.2 Å². The lowest BCUT2D eigenvalue weighted by Crippen LogP contribution is -2.13. The average molecular weight is 280 g/mol. The molecule has 0 amide bonds. The molecule has 0 bridgehead atoms. The molecule has 0 aliphatic rings. The van der Waals surface area contributed by atoms with Gasteiger partial charge in [0.25, 0.3) is 0 Å². The maximum Gasteiger partial charge on any atom is 0.126 e. The Hall–Kier alpha value is -1.58. The van der Waals surface area contributed by atoms with E-state index >= 15 is 0 Å². The van der Waals surface area contributed by atoms with Crippen molar-refractivity contribution in [3.63, 3.8) is 0 Å². The largest absolute Gasteiger partial charge is 0.496 e. The molecule has 0 heterocycles. The fraction of sp³-hybridized carbons (Fsp3) is 0.200. The molecule has 1 atom stereocenters. The molecule has 2 N–H and O–H groups in total. The number of rotatable bonds is 3. The Bertz CT molecular complexity index is 601. The van der Waals surface area contributed by atoms with E-state index in [0.29, 0.717) is 16.3 Å². The maximum atomic E-state index is 13.3. The second-order valence-electron chi connectivity index (χ2n) is 4.37. The van der Waals surface area contributed by atoms with Gasteiger partial charge in [-0.2, -0.15) is 0 Å². The standard InChI is InChI=1S/C15H15ClFNO/c1-9-7-10(3-6-13(9)17)15(18)12-5-4-11(16)8-14(12)19-2/h3-8,15H,18H2,1-2H3. The van der Waals surface area contributed by atoms with Crippen molar-refractivity contribution in [3.05, 3.63) is 63.9 Å². The molecule has 1 unspecified atom stereocenters. The van der Waals surface area contributed by atoms with Gasteiger partial charge < -0.3 is 10.5 Å². The van der Waals surface area contributed by atoms with E-state index in [1.807, 2.05) is 6.07 Å². The van der Waals surface area contributed by atoms with Gasteiger partial charge in [-0.05, 0) is 36.2 Å². The van der Waals surface area contributed by atoms with Crippen molar-refractivity contribution in [3.8, 4) is 5.75 Å². The quantitative estimate of drug-likeness (QED) is 0.926. The molecule has 19 heavy (non-hydrogen) atoms. The molecule has 100 valence electrons. The molecule has 0 aliphatic heterocycles. The maximum absolute atomic E-state index is 13.3. The zero-order valence-corrected chi connectivity index (χ0v) is 11.5. The molecule has 0 fully saturated rings. The molecule has 0 aliphatic carbocycles. The molecule has 2 nitrogen and oxygen atoms in total. The third kappa shape index (κ3) is 2.88. The number of aryl methyl sites for hydroxylation is 1. The van der Waals surface area contributed by atoms with Crippen LogP contribution in [0.15, 0.2) is 36.4 Å². The van der Waals surface area contributed by atoms with Gasteiger partial charge in [-0.25, -0.2) is 4.39 Å². The summed E-state index contributed by atoms with van der Waals surface area (Å²) in [6.45, 7) is 1.71. The van der Waals surface area contributed by atoms with Crippen LogP contribution in [-0.4, -0.2) is 7.11 Å². The van der Waals surface area contributed by atoms with E-state index in [1.54, 1.807) is 38.3 Å². The minimum Gasteiger partial charge on any atom is -0.496 e. The molecule has 0 radical (unpaired) electrons. The molecule has 0 saturated heterocycles. The van der Waals surface area contributed by atoms with Gasteiger partial charge in [0.2, 0.25) is 0 Å². The van der Waals surface area contributed by atoms with Crippen molar-refractivity contribution in [2.24, 2.45) is 5.73 Å². The van der Waals surface area contributed by atoms with Gasteiger partial charge in [-0.15, -0.1) is 0 Å². The zero-order chi connectivity index (χ0) is 14.0. The van der Waals surface area contributed by atoms with Crippen LogP contribution in [0.25, 0.3) is 0 Å². The molecular weight excluding hydrogens is 265 g/mol. The van der Waals surface area contributed by atoms with Crippen molar-refractivity contribution < 1.29 is 9.13 Å². The van der Waals surface area contributed by atoms with E-state index in [0.717, 1.165) is 11.1 Å². The summed E-state index contributed by atoms with van der Waals surface area (Å²) in [7, 11) is 1.57. The first-order valence-corrected chi connectivity index (χ1v) is 6.26. The highest BCUT2D eigenvalue weighted by atomic mass is 35.5. The van der Waals surface area contributed by atoms with Crippen molar-refractivity contribution in [1.82, 2.24) is 0 Å². The fourth-order valence-corrected chi connectivity index (χ4v) is 2.14. The SMILES string of the molecule is COc1cc(Cl)ccc1C(N)c1ccc(F)c(C)c1. The summed E-state index contributed by atoms with van der Waals surface area (Å²) in [4.78, 5) is 0. The number of ether oxygens (including phenoxy) is 1. The summed E-state index contributed by atoms with van der Waals surface area (Å²) in [6.07, 6.45) is 0. The van der Waals surface area contributed by atoms with E-state index in [1.165, 1.54) is 6.07 Å². The third-order valence-corrected chi connectivity index (χ3v) is 3.31. The summed E-state index contributed by atoms with van der Waals surface area (Å²) in [5.74, 6) is 0.390. The lowest BCUT2D eigenvalue weighted by Gasteiger charge is -2.17. The average Bonchev–Trinajstić information content (AvgIpc) is 2.41. The van der Waals surface area contributed by atoms with Crippen LogP contribution in [0, 0.1) is 12.7 Å². The van der Waals surface area contributed by atoms with Crippen LogP contribution in [0.1, 0.15) is 22.7 Å². The van der Waals surface area contributed by atoms with Gasteiger partial charge >= 0.3 is 0 Å². The van der Waals surface area contributed by atoms with Crippen LogP contribution in [0.5, 0.6) is 5.75 Å². The summed E-state index contributed by atoms with van der Waals surface area (Å²) < 4.78 is 18.6. The summed E-state index contributed by atoms with van der Waals surface area (Å²) in [5, 5.41) is 0.586. The second-order valence-corrected chi connectivity index (χ2v) is 4.81. The number of hydrogen-bond acceptors (Lipinski definition) is 2. The predicted octanol–water partition coefficient (Wildman–Crippen LogP) is 3.84. The molecule has 2 aromatic rings. The van der Waals surface area contributed by atoms with E-state index in [-0.39, 0.29) is 11.9 Å². The van der Waals surface area contributed by atoms with E-state index in [4.69, 9.17) is 22.1 Å². The van der Waals surface area contributed by atoms with Crippen molar-refractivity contribution in [1.29, 1.82) is 0 Å². The number of methoxy groups -OCH3 is 1. The zero-order valence-electron chi connectivity index (χ0n) is 10.8. The smallest absolute Gasteiger partial charge is 0.126 e. The van der Waals surface area contributed by atoms with Gasteiger partial charge in [0.05, 0.1) is 13.2 Å². The molecular formula is C15H15ClFNO. The van der Waals surface area contributed by atoms with Crippen LogP contribution in [0.4, 0.5) is 4.39 Å². The summed E-state index contributed by atoms with van der Waals surface area (Å²) in [6, 6.07) is 9.77. The van der Waals surface area contributed by atoms with Gasteiger partial charge in [0.1, 0.15) is 11.6 Å². The first-order chi connectivity index (χ1) is 9.02. The van der Waals surface area contributed by atoms with Crippen molar-refractivity contribution in [2.75, 3.05) is 7.11 Å². The number of nitrogens with two attached hydrogens (primary N) is 1.